The highest BCUT2D eigenvalue weighted by molar-refractivity contribution is 7.89. The molecule has 9 nitrogen and oxygen atoms in total. The first-order valence-corrected chi connectivity index (χ1v) is 12.4. The SMILES string of the molecule is O=CC(c1ccc(-c2cccc(Nc3ncccn3)c2)cc1)C(NS(=O)(=O)c1ccccc1)C(=O)O. The lowest BCUT2D eigenvalue weighted by molar-refractivity contribution is -0.140. The molecule has 2 unspecified atom stereocenters. The zero-order valence-electron chi connectivity index (χ0n) is 18.9. The molecule has 182 valence electrons. The maximum Gasteiger partial charge on any atom is 0.322 e. The van der Waals surface area contributed by atoms with E-state index in [-0.39, 0.29) is 4.90 Å². The van der Waals surface area contributed by atoms with Gasteiger partial charge in [0.05, 0.1) is 10.8 Å². The third-order valence-electron chi connectivity index (χ3n) is 5.42. The molecule has 2 atom stereocenters. The van der Waals surface area contributed by atoms with Gasteiger partial charge in [-0.05, 0) is 47.0 Å². The molecule has 0 saturated carbocycles. The number of rotatable bonds is 10. The number of aliphatic carboxylic acids is 1. The molecular weight excluding hydrogens is 480 g/mol. The van der Waals surface area contributed by atoms with Crippen molar-refractivity contribution in [3.63, 3.8) is 0 Å². The van der Waals surface area contributed by atoms with Crippen molar-refractivity contribution in [1.29, 1.82) is 0 Å². The molecule has 0 aliphatic heterocycles. The molecule has 0 aliphatic carbocycles. The summed E-state index contributed by atoms with van der Waals surface area (Å²) < 4.78 is 27.5. The van der Waals surface area contributed by atoms with Crippen LogP contribution in [0.2, 0.25) is 0 Å². The van der Waals surface area contributed by atoms with Gasteiger partial charge in [0.1, 0.15) is 12.3 Å². The van der Waals surface area contributed by atoms with Crippen molar-refractivity contribution >= 4 is 33.9 Å². The van der Waals surface area contributed by atoms with E-state index in [1.54, 1.807) is 48.8 Å². The second-order valence-electron chi connectivity index (χ2n) is 7.81. The molecule has 1 heterocycles. The molecule has 3 N–H and O–H groups in total. The standard InChI is InChI=1S/C26H22N4O5S/c31-17-23(24(25(32)33)30-36(34,35)22-8-2-1-3-9-22)19-12-10-18(11-13-19)20-6-4-7-21(16-20)29-26-27-14-5-15-28-26/h1-17,23-24,30H,(H,32,33)(H,27,28,29). The number of carboxylic acid groups (broad SMARTS) is 1. The number of aromatic nitrogens is 2. The molecule has 0 radical (unpaired) electrons. The van der Waals surface area contributed by atoms with E-state index in [0.29, 0.717) is 17.8 Å². The fraction of sp³-hybridized carbons (Fsp3) is 0.0769. The van der Waals surface area contributed by atoms with Gasteiger partial charge in [0, 0.05) is 18.1 Å². The average molecular weight is 503 g/mol. The van der Waals surface area contributed by atoms with E-state index in [4.69, 9.17) is 0 Å². The lowest BCUT2D eigenvalue weighted by Crippen LogP contribution is -2.45. The molecule has 0 fully saturated rings. The Bertz CT molecular complexity index is 1450. The van der Waals surface area contributed by atoms with E-state index in [0.717, 1.165) is 16.8 Å². The molecule has 36 heavy (non-hydrogen) atoms. The zero-order chi connectivity index (χ0) is 25.5. The number of carbonyl (C=O) groups is 2. The largest absolute Gasteiger partial charge is 0.480 e. The molecule has 0 bridgehead atoms. The Hall–Kier alpha value is -4.41. The Morgan fingerprint density at radius 2 is 1.56 bits per heavy atom. The number of aldehydes is 1. The summed E-state index contributed by atoms with van der Waals surface area (Å²) in [4.78, 5) is 32.1. The van der Waals surface area contributed by atoms with Gasteiger partial charge in [0.25, 0.3) is 0 Å². The Morgan fingerprint density at radius 3 is 2.19 bits per heavy atom. The Kier molecular flexibility index (Phi) is 7.47. The Balaban J connectivity index is 1.56. The van der Waals surface area contributed by atoms with Gasteiger partial charge in [-0.2, -0.15) is 4.72 Å². The minimum absolute atomic E-state index is 0.0920. The number of anilines is 2. The molecule has 0 aliphatic rings. The number of carboxylic acids is 1. The van der Waals surface area contributed by atoms with Crippen LogP contribution >= 0.6 is 0 Å². The molecule has 10 heteroatoms. The maximum absolute atomic E-state index is 12.7. The van der Waals surface area contributed by atoms with Gasteiger partial charge in [-0.15, -0.1) is 0 Å². The highest BCUT2D eigenvalue weighted by Crippen LogP contribution is 2.27. The van der Waals surface area contributed by atoms with E-state index in [9.17, 15) is 23.1 Å². The van der Waals surface area contributed by atoms with Crippen molar-refractivity contribution in [2.75, 3.05) is 5.32 Å². The first kappa shape index (κ1) is 24.7. The predicted molar refractivity (Wildman–Crippen MR) is 134 cm³/mol. The summed E-state index contributed by atoms with van der Waals surface area (Å²) in [5, 5.41) is 12.8. The Morgan fingerprint density at radius 1 is 0.861 bits per heavy atom. The van der Waals surface area contributed by atoms with E-state index in [1.165, 1.54) is 24.3 Å². The molecule has 0 spiro atoms. The minimum Gasteiger partial charge on any atom is -0.480 e. The van der Waals surface area contributed by atoms with Gasteiger partial charge in [0.15, 0.2) is 0 Å². The second kappa shape index (κ2) is 10.9. The fourth-order valence-corrected chi connectivity index (χ4v) is 4.86. The van der Waals surface area contributed by atoms with Crippen LogP contribution in [0.25, 0.3) is 11.1 Å². The Labute approximate surface area is 207 Å². The van der Waals surface area contributed by atoms with Crippen molar-refractivity contribution in [1.82, 2.24) is 14.7 Å². The molecule has 0 saturated heterocycles. The van der Waals surface area contributed by atoms with Crippen LogP contribution in [0.15, 0.2) is 102 Å². The van der Waals surface area contributed by atoms with Crippen LogP contribution in [0.5, 0.6) is 0 Å². The van der Waals surface area contributed by atoms with Crippen LogP contribution in [0.3, 0.4) is 0 Å². The summed E-state index contributed by atoms with van der Waals surface area (Å²) in [5.41, 5.74) is 2.82. The summed E-state index contributed by atoms with van der Waals surface area (Å²) in [7, 11) is -4.16. The van der Waals surface area contributed by atoms with Crippen LogP contribution in [-0.2, 0) is 19.6 Å². The van der Waals surface area contributed by atoms with E-state index >= 15 is 0 Å². The number of carbonyl (C=O) groups excluding carboxylic acids is 1. The molecule has 1 aromatic heterocycles. The molecule has 3 aromatic carbocycles. The predicted octanol–water partition coefficient (Wildman–Crippen LogP) is 3.60. The van der Waals surface area contributed by atoms with Gasteiger partial charge in [-0.3, -0.25) is 4.79 Å². The smallest absolute Gasteiger partial charge is 0.322 e. The highest BCUT2D eigenvalue weighted by atomic mass is 32.2. The van der Waals surface area contributed by atoms with Crippen molar-refractivity contribution < 1.29 is 23.1 Å². The maximum atomic E-state index is 12.7. The van der Waals surface area contributed by atoms with Crippen LogP contribution in [-0.4, -0.2) is 41.8 Å². The lowest BCUT2D eigenvalue weighted by Gasteiger charge is -2.21. The van der Waals surface area contributed by atoms with Crippen LogP contribution in [0, 0.1) is 0 Å². The van der Waals surface area contributed by atoms with Crippen molar-refractivity contribution in [2.45, 2.75) is 16.9 Å². The molecule has 0 amide bonds. The number of hydrogen-bond acceptors (Lipinski definition) is 7. The molecular formula is C26H22N4O5S. The van der Waals surface area contributed by atoms with Crippen molar-refractivity contribution in [3.05, 3.63) is 103 Å². The van der Waals surface area contributed by atoms with Gasteiger partial charge in [-0.25, -0.2) is 18.4 Å². The van der Waals surface area contributed by atoms with Gasteiger partial charge < -0.3 is 15.2 Å². The van der Waals surface area contributed by atoms with Crippen molar-refractivity contribution in [3.8, 4) is 11.1 Å². The van der Waals surface area contributed by atoms with Gasteiger partial charge in [-0.1, -0.05) is 54.6 Å². The highest BCUT2D eigenvalue weighted by Gasteiger charge is 2.33. The topological polar surface area (TPSA) is 138 Å². The lowest BCUT2D eigenvalue weighted by atomic mass is 9.92. The minimum atomic E-state index is -4.16. The van der Waals surface area contributed by atoms with E-state index < -0.39 is 28.0 Å². The summed E-state index contributed by atoms with van der Waals surface area (Å²) in [5.74, 6) is -2.24. The summed E-state index contributed by atoms with van der Waals surface area (Å²) >= 11 is 0. The van der Waals surface area contributed by atoms with Crippen LogP contribution < -0.4 is 10.0 Å². The monoisotopic (exact) mass is 502 g/mol. The zero-order valence-corrected chi connectivity index (χ0v) is 19.7. The number of nitrogens with one attached hydrogen (secondary N) is 2. The third kappa shape index (κ3) is 5.80. The fourth-order valence-electron chi connectivity index (χ4n) is 3.63. The molecule has 4 aromatic rings. The number of nitrogens with zero attached hydrogens (tertiary/aromatic N) is 2. The summed E-state index contributed by atoms with van der Waals surface area (Å²) in [6.45, 7) is 0. The number of sulfonamides is 1. The van der Waals surface area contributed by atoms with Crippen molar-refractivity contribution in [2.24, 2.45) is 0 Å². The first-order chi connectivity index (χ1) is 17.4. The van der Waals surface area contributed by atoms with E-state index in [1.807, 2.05) is 24.3 Å². The third-order valence-corrected chi connectivity index (χ3v) is 6.88. The molecule has 4 rings (SSSR count). The van der Waals surface area contributed by atoms with Gasteiger partial charge >= 0.3 is 5.97 Å². The summed E-state index contributed by atoms with van der Waals surface area (Å²) in [6, 6.07) is 21.7. The van der Waals surface area contributed by atoms with Crippen LogP contribution in [0.4, 0.5) is 11.6 Å². The summed E-state index contributed by atoms with van der Waals surface area (Å²) in [6.07, 6.45) is 3.70. The number of hydrogen-bond donors (Lipinski definition) is 3. The quantitative estimate of drug-likeness (QED) is 0.280. The normalized spacial score (nSPS) is 12.9. The van der Waals surface area contributed by atoms with Crippen LogP contribution in [0.1, 0.15) is 11.5 Å². The first-order valence-electron chi connectivity index (χ1n) is 10.9. The average Bonchev–Trinajstić information content (AvgIpc) is 2.90. The second-order valence-corrected chi connectivity index (χ2v) is 9.53. The van der Waals surface area contributed by atoms with E-state index in [2.05, 4.69) is 20.0 Å². The number of benzene rings is 3. The van der Waals surface area contributed by atoms with Gasteiger partial charge in [0.2, 0.25) is 16.0 Å².